The second kappa shape index (κ2) is 7.53. The Bertz CT molecular complexity index is 780. The summed E-state index contributed by atoms with van der Waals surface area (Å²) in [5.74, 6) is 1.17. The molecule has 0 bridgehead atoms. The lowest BCUT2D eigenvalue weighted by molar-refractivity contribution is 0.0461. The van der Waals surface area contributed by atoms with Gasteiger partial charge in [0.05, 0.1) is 31.3 Å². The third-order valence-electron chi connectivity index (χ3n) is 3.70. The molecule has 1 aliphatic heterocycles. The van der Waals surface area contributed by atoms with E-state index in [1.54, 1.807) is 29.2 Å². The van der Waals surface area contributed by atoms with Crippen LogP contribution in [0.3, 0.4) is 0 Å². The van der Waals surface area contributed by atoms with Gasteiger partial charge in [-0.2, -0.15) is 5.26 Å². The molecule has 2 amide bonds. The molecule has 1 N–H and O–H groups in total. The molecule has 0 aliphatic carbocycles. The second-order valence-electron chi connectivity index (χ2n) is 5.53. The van der Waals surface area contributed by atoms with Crippen LogP contribution in [0.1, 0.15) is 12.5 Å². The number of pyridine rings is 1. The third kappa shape index (κ3) is 4.18. The standard InChI is InChI=1S/C18H18N4O3/c1-2-24-15-5-3-14(4-6-15)21-18(23)22-11-16(12-22)25-17-9-13(10-19)7-8-20-17/h3-9,16H,2,11-12H2,1H3,(H,21,23). The first-order valence-electron chi connectivity index (χ1n) is 7.99. The molecule has 2 heterocycles. The van der Waals surface area contributed by atoms with Gasteiger partial charge in [-0.05, 0) is 37.3 Å². The number of benzene rings is 1. The molecular formula is C18H18N4O3. The van der Waals surface area contributed by atoms with Gasteiger partial charge in [-0.3, -0.25) is 0 Å². The Labute approximate surface area is 145 Å². The van der Waals surface area contributed by atoms with E-state index in [-0.39, 0.29) is 12.1 Å². The van der Waals surface area contributed by atoms with Crippen molar-refractivity contribution >= 4 is 11.7 Å². The molecule has 3 rings (SSSR count). The highest BCUT2D eigenvalue weighted by atomic mass is 16.5. The normalized spacial score (nSPS) is 13.5. The molecule has 1 aromatic heterocycles. The SMILES string of the molecule is CCOc1ccc(NC(=O)N2CC(Oc3cc(C#N)ccn3)C2)cc1. The van der Waals surface area contributed by atoms with Gasteiger partial charge in [-0.15, -0.1) is 0 Å². The molecule has 0 unspecified atom stereocenters. The zero-order valence-corrected chi connectivity index (χ0v) is 13.8. The van der Waals surface area contributed by atoms with Crippen LogP contribution in [0, 0.1) is 11.3 Å². The number of nitrogens with zero attached hydrogens (tertiary/aromatic N) is 3. The minimum Gasteiger partial charge on any atom is -0.494 e. The van der Waals surface area contributed by atoms with Crippen LogP contribution in [-0.4, -0.2) is 41.7 Å². The monoisotopic (exact) mass is 338 g/mol. The Hall–Kier alpha value is -3.27. The molecule has 1 aliphatic rings. The van der Waals surface area contributed by atoms with Gasteiger partial charge in [0.1, 0.15) is 11.9 Å². The molecule has 1 aromatic carbocycles. The van der Waals surface area contributed by atoms with E-state index in [1.165, 1.54) is 6.20 Å². The van der Waals surface area contributed by atoms with Gasteiger partial charge in [-0.25, -0.2) is 9.78 Å². The summed E-state index contributed by atoms with van der Waals surface area (Å²) >= 11 is 0. The Kier molecular flexibility index (Phi) is 5.00. The Morgan fingerprint density at radius 1 is 1.36 bits per heavy atom. The molecule has 128 valence electrons. The largest absolute Gasteiger partial charge is 0.494 e. The first kappa shape index (κ1) is 16.6. The number of nitrogens with one attached hydrogen (secondary N) is 1. The average Bonchev–Trinajstić information content (AvgIpc) is 2.60. The van der Waals surface area contributed by atoms with Crippen LogP contribution in [0.4, 0.5) is 10.5 Å². The summed E-state index contributed by atoms with van der Waals surface area (Å²) < 4.78 is 11.0. The van der Waals surface area contributed by atoms with E-state index in [9.17, 15) is 4.79 Å². The van der Waals surface area contributed by atoms with Crippen LogP contribution >= 0.6 is 0 Å². The van der Waals surface area contributed by atoms with Crippen molar-refractivity contribution in [1.82, 2.24) is 9.88 Å². The molecule has 0 spiro atoms. The van der Waals surface area contributed by atoms with Gasteiger partial charge in [0.15, 0.2) is 0 Å². The number of ether oxygens (including phenoxy) is 2. The first-order valence-corrected chi connectivity index (χ1v) is 7.99. The number of nitriles is 1. The summed E-state index contributed by atoms with van der Waals surface area (Å²) in [6.45, 7) is 3.47. The predicted octanol–water partition coefficient (Wildman–Crippen LogP) is 2.65. The lowest BCUT2D eigenvalue weighted by atomic mass is 10.2. The zero-order valence-electron chi connectivity index (χ0n) is 13.8. The van der Waals surface area contributed by atoms with Crippen LogP contribution in [-0.2, 0) is 0 Å². The van der Waals surface area contributed by atoms with Crippen LogP contribution in [0.2, 0.25) is 0 Å². The van der Waals surface area contributed by atoms with E-state index in [4.69, 9.17) is 14.7 Å². The number of carbonyl (C=O) groups excluding carboxylic acids is 1. The van der Waals surface area contributed by atoms with E-state index in [0.29, 0.717) is 36.8 Å². The fourth-order valence-electron chi connectivity index (χ4n) is 2.40. The lowest BCUT2D eigenvalue weighted by Gasteiger charge is -2.38. The topological polar surface area (TPSA) is 87.5 Å². The number of hydrogen-bond donors (Lipinski definition) is 1. The Morgan fingerprint density at radius 3 is 2.80 bits per heavy atom. The number of rotatable bonds is 5. The fraction of sp³-hybridized carbons (Fsp3) is 0.278. The van der Waals surface area contributed by atoms with E-state index < -0.39 is 0 Å². The van der Waals surface area contributed by atoms with Gasteiger partial charge < -0.3 is 19.7 Å². The van der Waals surface area contributed by atoms with Crippen LogP contribution in [0.15, 0.2) is 42.6 Å². The summed E-state index contributed by atoms with van der Waals surface area (Å²) in [6.07, 6.45) is 1.41. The Balaban J connectivity index is 1.47. The van der Waals surface area contributed by atoms with Crippen LogP contribution in [0.5, 0.6) is 11.6 Å². The molecular weight excluding hydrogens is 320 g/mol. The maximum atomic E-state index is 12.2. The predicted molar refractivity (Wildman–Crippen MR) is 91.6 cm³/mol. The summed E-state index contributed by atoms with van der Waals surface area (Å²) in [4.78, 5) is 17.9. The number of likely N-dealkylation sites (tertiary alicyclic amines) is 1. The molecule has 7 heteroatoms. The highest BCUT2D eigenvalue weighted by Gasteiger charge is 2.32. The molecule has 0 radical (unpaired) electrons. The van der Waals surface area contributed by atoms with E-state index in [1.807, 2.05) is 25.1 Å². The van der Waals surface area contributed by atoms with Crippen molar-refractivity contribution in [3.63, 3.8) is 0 Å². The summed E-state index contributed by atoms with van der Waals surface area (Å²) in [5.41, 5.74) is 1.20. The van der Waals surface area contributed by atoms with Crippen molar-refractivity contribution in [3.8, 4) is 17.7 Å². The van der Waals surface area contributed by atoms with E-state index >= 15 is 0 Å². The quantitative estimate of drug-likeness (QED) is 0.905. The highest BCUT2D eigenvalue weighted by Crippen LogP contribution is 2.20. The van der Waals surface area contributed by atoms with Crippen LogP contribution < -0.4 is 14.8 Å². The van der Waals surface area contributed by atoms with Gasteiger partial charge in [0.25, 0.3) is 0 Å². The number of urea groups is 1. The maximum absolute atomic E-state index is 12.2. The van der Waals surface area contributed by atoms with Gasteiger partial charge in [-0.1, -0.05) is 0 Å². The number of anilines is 1. The first-order chi connectivity index (χ1) is 12.2. The number of amides is 2. The molecule has 0 saturated carbocycles. The van der Waals surface area contributed by atoms with Gasteiger partial charge in [0.2, 0.25) is 5.88 Å². The van der Waals surface area contributed by atoms with Crippen molar-refractivity contribution < 1.29 is 14.3 Å². The summed E-state index contributed by atoms with van der Waals surface area (Å²) in [5, 5.41) is 11.7. The van der Waals surface area contributed by atoms with Gasteiger partial charge in [0, 0.05) is 18.0 Å². The van der Waals surface area contributed by atoms with Crippen molar-refractivity contribution in [2.45, 2.75) is 13.0 Å². The van der Waals surface area contributed by atoms with Crippen molar-refractivity contribution in [2.75, 3.05) is 25.0 Å². The number of aromatic nitrogens is 1. The third-order valence-corrected chi connectivity index (χ3v) is 3.70. The van der Waals surface area contributed by atoms with Crippen LogP contribution in [0.25, 0.3) is 0 Å². The minimum atomic E-state index is -0.178. The van der Waals surface area contributed by atoms with Crippen molar-refractivity contribution in [1.29, 1.82) is 5.26 Å². The summed E-state index contributed by atoms with van der Waals surface area (Å²) in [6, 6.07) is 12.3. The lowest BCUT2D eigenvalue weighted by Crippen LogP contribution is -2.57. The molecule has 1 saturated heterocycles. The van der Waals surface area contributed by atoms with E-state index in [2.05, 4.69) is 10.3 Å². The molecule has 0 atom stereocenters. The summed E-state index contributed by atoms with van der Waals surface area (Å²) in [7, 11) is 0. The zero-order chi connectivity index (χ0) is 17.6. The average molecular weight is 338 g/mol. The Morgan fingerprint density at radius 2 is 2.12 bits per heavy atom. The molecule has 25 heavy (non-hydrogen) atoms. The maximum Gasteiger partial charge on any atom is 0.322 e. The van der Waals surface area contributed by atoms with Crippen molar-refractivity contribution in [3.05, 3.63) is 48.2 Å². The number of carbonyl (C=O) groups is 1. The fourth-order valence-corrected chi connectivity index (χ4v) is 2.40. The van der Waals surface area contributed by atoms with E-state index in [0.717, 1.165) is 5.75 Å². The molecule has 1 fully saturated rings. The number of hydrogen-bond acceptors (Lipinski definition) is 5. The van der Waals surface area contributed by atoms with Gasteiger partial charge >= 0.3 is 6.03 Å². The molecule has 7 nitrogen and oxygen atoms in total. The second-order valence-corrected chi connectivity index (χ2v) is 5.53. The molecule has 2 aromatic rings. The smallest absolute Gasteiger partial charge is 0.322 e. The highest BCUT2D eigenvalue weighted by molar-refractivity contribution is 5.90. The minimum absolute atomic E-state index is 0.118. The van der Waals surface area contributed by atoms with Crippen molar-refractivity contribution in [2.24, 2.45) is 0 Å².